The van der Waals surface area contributed by atoms with Crippen LogP contribution in [-0.4, -0.2) is 17.3 Å². The maximum Gasteiger partial charge on any atom is 0.574 e. The van der Waals surface area contributed by atoms with E-state index in [9.17, 15) is 22.4 Å². The normalized spacial score (nSPS) is 11.2. The van der Waals surface area contributed by atoms with E-state index in [0.29, 0.717) is 6.07 Å². The molecule has 1 rings (SSSR count). The third-order valence-electron chi connectivity index (χ3n) is 1.32. The zero-order valence-corrected chi connectivity index (χ0v) is 7.01. The number of alkyl halides is 3. The molecule has 0 aliphatic rings. The van der Waals surface area contributed by atoms with Crippen LogP contribution in [0.4, 0.5) is 17.6 Å². The highest BCUT2D eigenvalue weighted by Gasteiger charge is 2.34. The van der Waals surface area contributed by atoms with Gasteiger partial charge in [-0.05, 0) is 6.07 Å². The van der Waals surface area contributed by atoms with Gasteiger partial charge in [0.15, 0.2) is 0 Å². The van der Waals surface area contributed by atoms with Gasteiger partial charge in [-0.15, -0.1) is 13.2 Å². The molecular weight excluding hydrogens is 220 g/mol. The minimum Gasteiger partial charge on any atom is -0.387 e. The Bertz CT molecular complexity index is 391. The van der Waals surface area contributed by atoms with Gasteiger partial charge in [0, 0.05) is 6.20 Å². The average Bonchev–Trinajstić information content (AvgIpc) is 1.99. The van der Waals surface area contributed by atoms with Crippen molar-refractivity contribution in [3.63, 3.8) is 0 Å². The fourth-order valence-corrected chi connectivity index (χ4v) is 0.831. The van der Waals surface area contributed by atoms with E-state index in [0.717, 1.165) is 6.20 Å². The Morgan fingerprint density at radius 3 is 2.53 bits per heavy atom. The van der Waals surface area contributed by atoms with Crippen molar-refractivity contribution in [2.24, 2.45) is 5.73 Å². The standard InChI is InChI=1S/C7H4F4N2O2/c8-3-1-2-13-6(4(3)5(12)14)15-7(9,10)11/h1-2H,(H2,12,14). The van der Waals surface area contributed by atoms with E-state index in [2.05, 4.69) is 15.5 Å². The van der Waals surface area contributed by atoms with Crippen LogP contribution in [0.25, 0.3) is 0 Å². The summed E-state index contributed by atoms with van der Waals surface area (Å²) < 4.78 is 51.5. The number of nitrogens with two attached hydrogens (primary N) is 1. The number of aromatic nitrogens is 1. The topological polar surface area (TPSA) is 65.2 Å². The summed E-state index contributed by atoms with van der Waals surface area (Å²) in [6.07, 6.45) is -4.34. The Balaban J connectivity index is 3.18. The van der Waals surface area contributed by atoms with Gasteiger partial charge in [-0.2, -0.15) is 0 Å². The van der Waals surface area contributed by atoms with Crippen LogP contribution in [0.15, 0.2) is 12.3 Å². The first kappa shape index (κ1) is 11.2. The number of hydrogen-bond donors (Lipinski definition) is 1. The summed E-state index contributed by atoms with van der Waals surface area (Å²) >= 11 is 0. The number of carbonyl (C=O) groups is 1. The van der Waals surface area contributed by atoms with E-state index < -0.39 is 29.5 Å². The largest absolute Gasteiger partial charge is 0.574 e. The molecule has 1 heterocycles. The molecule has 4 nitrogen and oxygen atoms in total. The first-order valence-corrected chi connectivity index (χ1v) is 3.51. The molecule has 0 fully saturated rings. The number of rotatable bonds is 2. The van der Waals surface area contributed by atoms with Crippen LogP contribution in [0.2, 0.25) is 0 Å². The highest BCUT2D eigenvalue weighted by molar-refractivity contribution is 5.95. The third-order valence-corrected chi connectivity index (χ3v) is 1.32. The van der Waals surface area contributed by atoms with Crippen LogP contribution in [0.1, 0.15) is 10.4 Å². The molecule has 82 valence electrons. The fourth-order valence-electron chi connectivity index (χ4n) is 0.831. The Hall–Kier alpha value is -1.86. The van der Waals surface area contributed by atoms with E-state index in [4.69, 9.17) is 0 Å². The summed E-state index contributed by atoms with van der Waals surface area (Å²) in [7, 11) is 0. The Morgan fingerprint density at radius 2 is 2.07 bits per heavy atom. The molecule has 0 saturated heterocycles. The van der Waals surface area contributed by atoms with Gasteiger partial charge >= 0.3 is 6.36 Å². The Kier molecular flexibility index (Phi) is 2.78. The first-order valence-electron chi connectivity index (χ1n) is 3.51. The lowest BCUT2D eigenvalue weighted by Gasteiger charge is -2.10. The molecule has 0 atom stereocenters. The van der Waals surface area contributed by atoms with Crippen molar-refractivity contribution in [1.82, 2.24) is 4.98 Å². The Labute approximate surface area is 80.7 Å². The number of halogens is 4. The number of carbonyl (C=O) groups excluding carboxylic acids is 1. The molecule has 0 spiro atoms. The molecular formula is C7H4F4N2O2. The van der Waals surface area contributed by atoms with Crippen molar-refractivity contribution in [2.45, 2.75) is 6.36 Å². The van der Waals surface area contributed by atoms with Gasteiger partial charge < -0.3 is 10.5 Å². The van der Waals surface area contributed by atoms with Gasteiger partial charge in [0.1, 0.15) is 11.4 Å². The molecule has 0 aliphatic heterocycles. The number of amides is 1. The third kappa shape index (κ3) is 2.79. The predicted molar refractivity (Wildman–Crippen MR) is 39.4 cm³/mol. The molecule has 15 heavy (non-hydrogen) atoms. The lowest BCUT2D eigenvalue weighted by Crippen LogP contribution is -2.22. The van der Waals surface area contributed by atoms with Crippen LogP contribution in [-0.2, 0) is 0 Å². The van der Waals surface area contributed by atoms with Crippen LogP contribution in [0.3, 0.4) is 0 Å². The molecule has 2 N–H and O–H groups in total. The molecule has 0 saturated carbocycles. The van der Waals surface area contributed by atoms with Crippen LogP contribution >= 0.6 is 0 Å². The zero-order valence-electron chi connectivity index (χ0n) is 7.01. The van der Waals surface area contributed by atoms with Crippen LogP contribution in [0, 0.1) is 5.82 Å². The number of primary amides is 1. The molecule has 1 aromatic rings. The van der Waals surface area contributed by atoms with Gasteiger partial charge in [-0.1, -0.05) is 0 Å². The van der Waals surface area contributed by atoms with Crippen LogP contribution in [0.5, 0.6) is 5.88 Å². The molecule has 8 heteroatoms. The van der Waals surface area contributed by atoms with E-state index in [-0.39, 0.29) is 0 Å². The zero-order chi connectivity index (χ0) is 11.6. The number of ether oxygens (including phenoxy) is 1. The molecule has 0 aliphatic carbocycles. The summed E-state index contributed by atoms with van der Waals surface area (Å²) in [6.45, 7) is 0. The molecule has 0 unspecified atom stereocenters. The maximum absolute atomic E-state index is 12.9. The molecule has 0 radical (unpaired) electrons. The van der Waals surface area contributed by atoms with Gasteiger partial charge in [0.2, 0.25) is 5.88 Å². The van der Waals surface area contributed by atoms with E-state index in [1.807, 2.05) is 0 Å². The van der Waals surface area contributed by atoms with Crippen molar-refractivity contribution in [1.29, 1.82) is 0 Å². The second-order valence-electron chi connectivity index (χ2n) is 2.38. The lowest BCUT2D eigenvalue weighted by molar-refractivity contribution is -0.276. The Morgan fingerprint density at radius 1 is 1.47 bits per heavy atom. The van der Waals surface area contributed by atoms with Crippen molar-refractivity contribution in [3.8, 4) is 5.88 Å². The quantitative estimate of drug-likeness (QED) is 0.768. The van der Waals surface area contributed by atoms with Crippen molar-refractivity contribution < 1.29 is 27.1 Å². The number of nitrogens with zero attached hydrogens (tertiary/aromatic N) is 1. The molecule has 1 aromatic heterocycles. The molecule has 1 amide bonds. The van der Waals surface area contributed by atoms with Gasteiger partial charge in [0.05, 0.1) is 0 Å². The maximum atomic E-state index is 12.9. The van der Waals surface area contributed by atoms with E-state index in [1.54, 1.807) is 0 Å². The van der Waals surface area contributed by atoms with Crippen molar-refractivity contribution in [2.75, 3.05) is 0 Å². The second-order valence-corrected chi connectivity index (χ2v) is 2.38. The summed E-state index contributed by atoms with van der Waals surface area (Å²) in [4.78, 5) is 13.7. The predicted octanol–water partition coefficient (Wildman–Crippen LogP) is 1.22. The van der Waals surface area contributed by atoms with Crippen molar-refractivity contribution >= 4 is 5.91 Å². The number of pyridine rings is 1. The fraction of sp³-hybridized carbons (Fsp3) is 0.143. The van der Waals surface area contributed by atoms with E-state index >= 15 is 0 Å². The average molecular weight is 224 g/mol. The summed E-state index contributed by atoms with van der Waals surface area (Å²) in [6, 6.07) is 0.698. The van der Waals surface area contributed by atoms with Crippen molar-refractivity contribution in [3.05, 3.63) is 23.6 Å². The van der Waals surface area contributed by atoms with Gasteiger partial charge in [-0.3, -0.25) is 4.79 Å². The summed E-state index contributed by atoms with van der Waals surface area (Å²) in [5, 5.41) is 0. The smallest absolute Gasteiger partial charge is 0.387 e. The minimum absolute atomic E-state index is 0.698. The monoisotopic (exact) mass is 224 g/mol. The van der Waals surface area contributed by atoms with Crippen LogP contribution < -0.4 is 10.5 Å². The summed E-state index contributed by atoms with van der Waals surface area (Å²) in [5.41, 5.74) is 3.64. The minimum atomic E-state index is -5.06. The highest BCUT2D eigenvalue weighted by Crippen LogP contribution is 2.25. The van der Waals surface area contributed by atoms with Gasteiger partial charge in [-0.25, -0.2) is 9.37 Å². The number of hydrogen-bond acceptors (Lipinski definition) is 3. The highest BCUT2D eigenvalue weighted by atomic mass is 19.4. The van der Waals surface area contributed by atoms with Gasteiger partial charge in [0.25, 0.3) is 5.91 Å². The molecule has 0 aromatic carbocycles. The first-order chi connectivity index (χ1) is 6.81. The summed E-state index contributed by atoms with van der Waals surface area (Å²) in [5.74, 6) is -3.81. The second kappa shape index (κ2) is 3.71. The molecule has 0 bridgehead atoms. The lowest BCUT2D eigenvalue weighted by atomic mass is 10.2. The van der Waals surface area contributed by atoms with E-state index in [1.165, 1.54) is 0 Å². The SMILES string of the molecule is NC(=O)c1c(F)ccnc1OC(F)(F)F.